The summed E-state index contributed by atoms with van der Waals surface area (Å²) in [6.45, 7) is 10.1. The SMILES string of the molecule is CCN(C(C)CNC)C(C)CN(C)C. The van der Waals surface area contributed by atoms with E-state index in [2.05, 4.69) is 50.0 Å². The van der Waals surface area contributed by atoms with E-state index in [9.17, 15) is 0 Å². The third kappa shape index (κ3) is 4.94. The molecule has 0 saturated carbocycles. The summed E-state index contributed by atoms with van der Waals surface area (Å²) in [5.74, 6) is 0. The smallest absolute Gasteiger partial charge is 0.0197 e. The molecule has 0 spiro atoms. The Labute approximate surface area is 89.5 Å². The van der Waals surface area contributed by atoms with E-state index in [-0.39, 0.29) is 0 Å². The Bertz CT molecular complexity index is 136. The maximum absolute atomic E-state index is 3.24. The molecule has 0 aromatic carbocycles. The van der Waals surface area contributed by atoms with E-state index in [1.165, 1.54) is 0 Å². The molecule has 0 aliphatic rings. The molecule has 0 rings (SSSR count). The van der Waals surface area contributed by atoms with Gasteiger partial charge in [0.05, 0.1) is 0 Å². The summed E-state index contributed by atoms with van der Waals surface area (Å²) in [4.78, 5) is 4.79. The largest absolute Gasteiger partial charge is 0.318 e. The van der Waals surface area contributed by atoms with E-state index in [4.69, 9.17) is 0 Å². The third-order valence-electron chi connectivity index (χ3n) is 2.63. The second-order valence-electron chi connectivity index (χ2n) is 4.35. The summed E-state index contributed by atoms with van der Waals surface area (Å²) in [6, 6.07) is 1.23. The van der Waals surface area contributed by atoms with Crippen molar-refractivity contribution in [2.24, 2.45) is 0 Å². The fraction of sp³-hybridized carbons (Fsp3) is 1.00. The van der Waals surface area contributed by atoms with Crippen molar-refractivity contribution in [1.29, 1.82) is 0 Å². The lowest BCUT2D eigenvalue weighted by Crippen LogP contribution is -2.48. The van der Waals surface area contributed by atoms with Crippen molar-refractivity contribution in [1.82, 2.24) is 15.1 Å². The Morgan fingerprint density at radius 2 is 1.71 bits per heavy atom. The van der Waals surface area contributed by atoms with Crippen molar-refractivity contribution in [2.75, 3.05) is 40.8 Å². The number of nitrogens with zero attached hydrogens (tertiary/aromatic N) is 2. The summed E-state index contributed by atoms with van der Waals surface area (Å²) in [6.07, 6.45) is 0. The van der Waals surface area contributed by atoms with Crippen LogP contribution in [0.2, 0.25) is 0 Å². The molecule has 0 fully saturated rings. The standard InChI is InChI=1S/C11H27N3/c1-7-14(10(2)8-12-4)11(3)9-13(5)6/h10-12H,7-9H2,1-6H3. The van der Waals surface area contributed by atoms with Gasteiger partial charge in [-0.05, 0) is 41.5 Å². The predicted octanol–water partition coefficient (Wildman–Crippen LogP) is 0.866. The summed E-state index contributed by atoms with van der Waals surface area (Å²) in [7, 11) is 6.28. The van der Waals surface area contributed by atoms with Crippen LogP contribution in [0, 0.1) is 0 Å². The zero-order valence-corrected chi connectivity index (χ0v) is 10.7. The van der Waals surface area contributed by atoms with Crippen LogP contribution >= 0.6 is 0 Å². The molecule has 0 bridgehead atoms. The first kappa shape index (κ1) is 13.9. The van der Waals surface area contributed by atoms with Crippen LogP contribution in [0.3, 0.4) is 0 Å². The Hall–Kier alpha value is -0.120. The number of rotatable bonds is 7. The van der Waals surface area contributed by atoms with Gasteiger partial charge in [-0.2, -0.15) is 0 Å². The number of hydrogen-bond donors (Lipinski definition) is 1. The number of hydrogen-bond acceptors (Lipinski definition) is 3. The minimum absolute atomic E-state index is 0.611. The van der Waals surface area contributed by atoms with E-state index < -0.39 is 0 Å². The molecule has 0 saturated heterocycles. The molecule has 0 aromatic heterocycles. The monoisotopic (exact) mass is 201 g/mol. The minimum Gasteiger partial charge on any atom is -0.318 e. The molecule has 86 valence electrons. The Kier molecular flexibility index (Phi) is 7.15. The van der Waals surface area contributed by atoms with Crippen LogP contribution in [0.5, 0.6) is 0 Å². The van der Waals surface area contributed by atoms with E-state index in [1.54, 1.807) is 0 Å². The molecule has 0 aliphatic heterocycles. The van der Waals surface area contributed by atoms with E-state index in [1.807, 2.05) is 7.05 Å². The van der Waals surface area contributed by atoms with Crippen LogP contribution in [0.25, 0.3) is 0 Å². The fourth-order valence-electron chi connectivity index (χ4n) is 2.10. The summed E-state index contributed by atoms with van der Waals surface area (Å²) in [5.41, 5.74) is 0. The number of nitrogens with one attached hydrogen (secondary N) is 1. The average Bonchev–Trinajstić information content (AvgIpc) is 2.04. The van der Waals surface area contributed by atoms with Gasteiger partial charge in [0.2, 0.25) is 0 Å². The zero-order chi connectivity index (χ0) is 11.1. The van der Waals surface area contributed by atoms with Crippen LogP contribution in [0.15, 0.2) is 0 Å². The molecule has 14 heavy (non-hydrogen) atoms. The highest BCUT2D eigenvalue weighted by atomic mass is 15.2. The van der Waals surface area contributed by atoms with Crippen LogP contribution in [-0.4, -0.2) is 62.7 Å². The van der Waals surface area contributed by atoms with Crippen molar-refractivity contribution < 1.29 is 0 Å². The van der Waals surface area contributed by atoms with Gasteiger partial charge in [-0.15, -0.1) is 0 Å². The quantitative estimate of drug-likeness (QED) is 0.659. The number of likely N-dealkylation sites (N-methyl/N-ethyl adjacent to an activating group) is 3. The van der Waals surface area contributed by atoms with E-state index >= 15 is 0 Å². The minimum atomic E-state index is 0.611. The topological polar surface area (TPSA) is 18.5 Å². The van der Waals surface area contributed by atoms with Gasteiger partial charge in [0.15, 0.2) is 0 Å². The Balaban J connectivity index is 4.09. The zero-order valence-electron chi connectivity index (χ0n) is 10.7. The lowest BCUT2D eigenvalue weighted by Gasteiger charge is -2.35. The first-order chi connectivity index (χ1) is 6.52. The van der Waals surface area contributed by atoms with Gasteiger partial charge in [0.1, 0.15) is 0 Å². The lowest BCUT2D eigenvalue weighted by molar-refractivity contribution is 0.136. The molecule has 0 amide bonds. The summed E-state index contributed by atoms with van der Waals surface area (Å²) < 4.78 is 0. The second-order valence-corrected chi connectivity index (χ2v) is 4.35. The molecule has 0 aliphatic carbocycles. The van der Waals surface area contributed by atoms with Gasteiger partial charge in [-0.25, -0.2) is 0 Å². The summed E-state index contributed by atoms with van der Waals surface area (Å²) >= 11 is 0. The fourth-order valence-corrected chi connectivity index (χ4v) is 2.10. The molecule has 3 heteroatoms. The molecule has 3 nitrogen and oxygen atoms in total. The molecule has 2 atom stereocenters. The van der Waals surface area contributed by atoms with Crippen molar-refractivity contribution in [3.63, 3.8) is 0 Å². The van der Waals surface area contributed by atoms with Crippen molar-refractivity contribution in [2.45, 2.75) is 32.9 Å². The highest BCUT2D eigenvalue weighted by Gasteiger charge is 2.17. The first-order valence-electron chi connectivity index (χ1n) is 5.58. The third-order valence-corrected chi connectivity index (χ3v) is 2.63. The molecule has 0 heterocycles. The van der Waals surface area contributed by atoms with Crippen molar-refractivity contribution in [3.05, 3.63) is 0 Å². The molecule has 0 aromatic rings. The van der Waals surface area contributed by atoms with Crippen molar-refractivity contribution >= 4 is 0 Å². The summed E-state index contributed by atoms with van der Waals surface area (Å²) in [5, 5.41) is 3.24. The van der Waals surface area contributed by atoms with Gasteiger partial charge < -0.3 is 10.2 Å². The van der Waals surface area contributed by atoms with Crippen LogP contribution < -0.4 is 5.32 Å². The highest BCUT2D eigenvalue weighted by molar-refractivity contribution is 4.75. The predicted molar refractivity (Wildman–Crippen MR) is 63.8 cm³/mol. The molecule has 1 N–H and O–H groups in total. The van der Waals surface area contributed by atoms with Crippen LogP contribution in [0.4, 0.5) is 0 Å². The molecule has 2 unspecified atom stereocenters. The molecular formula is C11H27N3. The van der Waals surface area contributed by atoms with Crippen LogP contribution in [-0.2, 0) is 0 Å². The molecular weight excluding hydrogens is 174 g/mol. The van der Waals surface area contributed by atoms with Crippen LogP contribution in [0.1, 0.15) is 20.8 Å². The Morgan fingerprint density at radius 1 is 1.14 bits per heavy atom. The van der Waals surface area contributed by atoms with Gasteiger partial charge in [0, 0.05) is 25.2 Å². The van der Waals surface area contributed by atoms with Gasteiger partial charge in [-0.3, -0.25) is 4.90 Å². The highest BCUT2D eigenvalue weighted by Crippen LogP contribution is 2.05. The molecule has 0 radical (unpaired) electrons. The lowest BCUT2D eigenvalue weighted by atomic mass is 10.2. The second kappa shape index (κ2) is 7.21. The van der Waals surface area contributed by atoms with Gasteiger partial charge in [0.25, 0.3) is 0 Å². The van der Waals surface area contributed by atoms with Gasteiger partial charge in [-0.1, -0.05) is 6.92 Å². The van der Waals surface area contributed by atoms with E-state index in [0.29, 0.717) is 12.1 Å². The van der Waals surface area contributed by atoms with Gasteiger partial charge >= 0.3 is 0 Å². The first-order valence-corrected chi connectivity index (χ1v) is 5.58. The van der Waals surface area contributed by atoms with E-state index in [0.717, 1.165) is 19.6 Å². The average molecular weight is 201 g/mol. The maximum Gasteiger partial charge on any atom is 0.0197 e. The Morgan fingerprint density at radius 3 is 2.07 bits per heavy atom. The normalized spacial score (nSPS) is 16.3. The maximum atomic E-state index is 3.24. The van der Waals surface area contributed by atoms with Crippen molar-refractivity contribution in [3.8, 4) is 0 Å².